The van der Waals surface area contributed by atoms with Crippen LogP contribution in [0.2, 0.25) is 0 Å². The van der Waals surface area contributed by atoms with E-state index in [0.29, 0.717) is 29.6 Å². The van der Waals surface area contributed by atoms with Gasteiger partial charge in [-0.1, -0.05) is 36.4 Å². The van der Waals surface area contributed by atoms with E-state index in [1.807, 2.05) is 0 Å². The SMILES string of the molecule is Cc1ccccc1C12C3C=CC(C3)C1C1CC2CC1C(=O)O. The highest BCUT2D eigenvalue weighted by atomic mass is 16.4. The van der Waals surface area contributed by atoms with E-state index in [-0.39, 0.29) is 11.3 Å². The van der Waals surface area contributed by atoms with E-state index < -0.39 is 5.97 Å². The predicted molar refractivity (Wildman–Crippen MR) is 84.4 cm³/mol. The molecular formula is C20H22O2. The fourth-order valence-electron chi connectivity index (χ4n) is 6.99. The fraction of sp³-hybridized carbons (Fsp3) is 0.550. The van der Waals surface area contributed by atoms with E-state index in [9.17, 15) is 9.90 Å². The number of rotatable bonds is 2. The minimum atomic E-state index is -0.558. The van der Waals surface area contributed by atoms with E-state index >= 15 is 0 Å². The van der Waals surface area contributed by atoms with E-state index in [1.165, 1.54) is 17.5 Å². The predicted octanol–water partition coefficient (Wildman–Crippen LogP) is 3.80. The first-order valence-electron chi connectivity index (χ1n) is 8.61. The van der Waals surface area contributed by atoms with Crippen molar-refractivity contribution < 1.29 is 9.90 Å². The van der Waals surface area contributed by atoms with Crippen LogP contribution in [0.25, 0.3) is 0 Å². The number of carbonyl (C=O) groups is 1. The smallest absolute Gasteiger partial charge is 0.306 e. The lowest BCUT2D eigenvalue weighted by molar-refractivity contribution is -0.145. The lowest BCUT2D eigenvalue weighted by atomic mass is 9.55. The summed E-state index contributed by atoms with van der Waals surface area (Å²) in [6.07, 6.45) is 8.11. The number of carboxylic acids is 1. The van der Waals surface area contributed by atoms with Gasteiger partial charge in [-0.2, -0.15) is 0 Å². The van der Waals surface area contributed by atoms with Crippen LogP contribution in [0.3, 0.4) is 0 Å². The van der Waals surface area contributed by atoms with Gasteiger partial charge >= 0.3 is 5.97 Å². The number of carboxylic acid groups (broad SMARTS) is 1. The second-order valence-corrected chi connectivity index (χ2v) is 7.94. The van der Waals surface area contributed by atoms with Crippen LogP contribution in [0.15, 0.2) is 36.4 Å². The minimum Gasteiger partial charge on any atom is -0.481 e. The van der Waals surface area contributed by atoms with Gasteiger partial charge in [0.1, 0.15) is 0 Å². The summed E-state index contributed by atoms with van der Waals surface area (Å²) in [5.41, 5.74) is 3.16. The summed E-state index contributed by atoms with van der Waals surface area (Å²) in [5, 5.41) is 9.62. The van der Waals surface area contributed by atoms with E-state index in [0.717, 1.165) is 12.8 Å². The van der Waals surface area contributed by atoms with Crippen molar-refractivity contribution in [2.24, 2.45) is 35.5 Å². The summed E-state index contributed by atoms with van der Waals surface area (Å²) in [6.45, 7) is 2.23. The molecule has 22 heavy (non-hydrogen) atoms. The molecule has 4 aliphatic rings. The normalized spacial score (nSPS) is 47.1. The van der Waals surface area contributed by atoms with Crippen molar-refractivity contribution >= 4 is 5.97 Å². The van der Waals surface area contributed by atoms with Gasteiger partial charge in [0, 0.05) is 5.41 Å². The molecule has 4 bridgehead atoms. The van der Waals surface area contributed by atoms with Crippen LogP contribution in [0, 0.1) is 42.4 Å². The first kappa shape index (κ1) is 12.9. The van der Waals surface area contributed by atoms with Gasteiger partial charge in [-0.3, -0.25) is 4.79 Å². The summed E-state index contributed by atoms with van der Waals surface area (Å²) in [4.78, 5) is 11.7. The van der Waals surface area contributed by atoms with Gasteiger partial charge < -0.3 is 5.11 Å². The minimum absolute atomic E-state index is 0.0973. The van der Waals surface area contributed by atoms with Gasteiger partial charge in [0.25, 0.3) is 0 Å². The molecule has 7 unspecified atom stereocenters. The molecule has 0 radical (unpaired) electrons. The summed E-state index contributed by atoms with van der Waals surface area (Å²) >= 11 is 0. The van der Waals surface area contributed by atoms with Crippen LogP contribution in [0.5, 0.6) is 0 Å². The van der Waals surface area contributed by atoms with Crippen molar-refractivity contribution in [2.45, 2.75) is 31.6 Å². The Morgan fingerprint density at radius 2 is 2.00 bits per heavy atom. The highest BCUT2D eigenvalue weighted by Crippen LogP contribution is 2.74. The Balaban J connectivity index is 1.70. The van der Waals surface area contributed by atoms with Crippen LogP contribution in [-0.2, 0) is 10.2 Å². The van der Waals surface area contributed by atoms with Gasteiger partial charge in [0.05, 0.1) is 5.92 Å². The molecule has 2 nitrogen and oxygen atoms in total. The number of fused-ring (bicyclic) bond motifs is 9. The van der Waals surface area contributed by atoms with Crippen LogP contribution < -0.4 is 0 Å². The average molecular weight is 294 g/mol. The molecule has 2 heteroatoms. The molecular weight excluding hydrogens is 272 g/mol. The molecule has 1 aromatic carbocycles. The number of aryl methyl sites for hydroxylation is 1. The van der Waals surface area contributed by atoms with Gasteiger partial charge in [-0.25, -0.2) is 0 Å². The third-order valence-electron chi connectivity index (χ3n) is 7.42. The Morgan fingerprint density at radius 3 is 2.77 bits per heavy atom. The van der Waals surface area contributed by atoms with Crippen molar-refractivity contribution in [3.05, 3.63) is 47.5 Å². The molecule has 1 N–H and O–H groups in total. The lowest BCUT2D eigenvalue weighted by Crippen LogP contribution is -2.47. The van der Waals surface area contributed by atoms with Crippen molar-refractivity contribution in [3.63, 3.8) is 0 Å². The highest BCUT2D eigenvalue weighted by molar-refractivity contribution is 5.72. The number of hydrogen-bond acceptors (Lipinski definition) is 1. The molecule has 0 heterocycles. The summed E-state index contributed by atoms with van der Waals surface area (Å²) in [5.74, 6) is 2.10. The Bertz CT molecular complexity index is 691. The molecule has 114 valence electrons. The zero-order valence-corrected chi connectivity index (χ0v) is 12.9. The summed E-state index contributed by atoms with van der Waals surface area (Å²) in [6, 6.07) is 8.86. The molecule has 3 fully saturated rings. The van der Waals surface area contributed by atoms with Gasteiger partial charge in [-0.05, 0) is 66.9 Å². The zero-order valence-electron chi connectivity index (χ0n) is 12.9. The maximum Gasteiger partial charge on any atom is 0.306 e. The van der Waals surface area contributed by atoms with Crippen molar-refractivity contribution in [1.82, 2.24) is 0 Å². The standard InChI is InChI=1S/C20H22O2/c1-11-4-2-3-5-17(11)20-13-7-6-12(8-13)18(20)15-9-14(20)10-16(15)19(21)22/h2-7,12-16,18H,8-10H2,1H3,(H,21,22). The van der Waals surface area contributed by atoms with Gasteiger partial charge in [0.2, 0.25) is 0 Å². The number of benzene rings is 1. The van der Waals surface area contributed by atoms with Crippen molar-refractivity contribution in [1.29, 1.82) is 0 Å². The van der Waals surface area contributed by atoms with Crippen LogP contribution in [0.1, 0.15) is 30.4 Å². The Morgan fingerprint density at radius 1 is 1.18 bits per heavy atom. The van der Waals surface area contributed by atoms with Crippen LogP contribution in [-0.4, -0.2) is 11.1 Å². The topological polar surface area (TPSA) is 37.3 Å². The second kappa shape index (κ2) is 4.04. The zero-order chi connectivity index (χ0) is 15.1. The number of allylic oxidation sites excluding steroid dienone is 2. The van der Waals surface area contributed by atoms with Crippen molar-refractivity contribution in [2.75, 3.05) is 0 Å². The Hall–Kier alpha value is -1.57. The van der Waals surface area contributed by atoms with Gasteiger partial charge in [-0.15, -0.1) is 0 Å². The lowest BCUT2D eigenvalue weighted by Gasteiger charge is -2.48. The monoisotopic (exact) mass is 294 g/mol. The maximum atomic E-state index is 11.7. The molecule has 0 spiro atoms. The van der Waals surface area contributed by atoms with E-state index in [4.69, 9.17) is 0 Å². The highest BCUT2D eigenvalue weighted by Gasteiger charge is 2.71. The van der Waals surface area contributed by atoms with E-state index in [2.05, 4.69) is 43.3 Å². The number of aliphatic carboxylic acids is 1. The Kier molecular flexibility index (Phi) is 2.37. The summed E-state index contributed by atoms with van der Waals surface area (Å²) in [7, 11) is 0. The first-order valence-corrected chi connectivity index (χ1v) is 8.61. The molecule has 5 rings (SSSR count). The summed E-state index contributed by atoms with van der Waals surface area (Å²) < 4.78 is 0. The molecule has 0 amide bonds. The second-order valence-electron chi connectivity index (χ2n) is 7.94. The molecule has 0 saturated heterocycles. The van der Waals surface area contributed by atoms with E-state index in [1.54, 1.807) is 0 Å². The molecule has 4 aliphatic carbocycles. The molecule has 1 aromatic rings. The van der Waals surface area contributed by atoms with Crippen molar-refractivity contribution in [3.8, 4) is 0 Å². The molecule has 7 atom stereocenters. The molecule has 0 aliphatic heterocycles. The third kappa shape index (κ3) is 1.27. The fourth-order valence-corrected chi connectivity index (χ4v) is 6.99. The molecule has 0 aromatic heterocycles. The maximum absolute atomic E-state index is 11.7. The Labute approximate surface area is 131 Å². The average Bonchev–Trinajstić information content (AvgIpc) is 3.25. The largest absolute Gasteiger partial charge is 0.481 e. The van der Waals surface area contributed by atoms with Crippen LogP contribution in [0.4, 0.5) is 0 Å². The number of hydrogen-bond donors (Lipinski definition) is 1. The van der Waals surface area contributed by atoms with Crippen LogP contribution >= 0.6 is 0 Å². The quantitative estimate of drug-likeness (QED) is 0.665. The first-order chi connectivity index (χ1) is 10.6. The van der Waals surface area contributed by atoms with Gasteiger partial charge in [0.15, 0.2) is 0 Å². The third-order valence-corrected chi connectivity index (χ3v) is 7.42. The molecule has 3 saturated carbocycles.